The van der Waals surface area contributed by atoms with Gasteiger partial charge in [-0.25, -0.2) is 0 Å². The molecule has 5 heteroatoms. The molecular weight excluding hydrogens is 241 g/mol. The fourth-order valence-electron chi connectivity index (χ4n) is 2.20. The predicted octanol–water partition coefficient (Wildman–Crippen LogP) is 2.85. The average Bonchev–Trinajstić information content (AvgIpc) is 2.38. The first kappa shape index (κ1) is 13.2. The molecule has 0 radical (unpaired) electrons. The van der Waals surface area contributed by atoms with E-state index in [2.05, 4.69) is 11.8 Å². The number of rotatable bonds is 2. The monoisotopic (exact) mass is 258 g/mol. The number of likely N-dealkylation sites (N-methyl/N-ethyl adjacent to an activating group) is 1. The Labute approximate surface area is 105 Å². The second-order valence-electron chi connectivity index (χ2n) is 4.47. The standard InChI is InChI=1S/C13H17F3N2/c1-2-17-6-8-18(9-7-17)12-5-3-4-11(10-12)13(14,15)16/h3-5,10H,2,6-9H2,1H3. The van der Waals surface area contributed by atoms with Gasteiger partial charge in [0.25, 0.3) is 0 Å². The minimum atomic E-state index is -4.26. The van der Waals surface area contributed by atoms with E-state index in [-0.39, 0.29) is 0 Å². The number of piperazine rings is 1. The highest BCUT2D eigenvalue weighted by molar-refractivity contribution is 5.49. The number of anilines is 1. The first-order valence-electron chi connectivity index (χ1n) is 6.15. The number of nitrogens with zero attached hydrogens (tertiary/aromatic N) is 2. The topological polar surface area (TPSA) is 6.48 Å². The van der Waals surface area contributed by atoms with Crippen LogP contribution in [0.25, 0.3) is 0 Å². The van der Waals surface area contributed by atoms with Gasteiger partial charge in [-0.3, -0.25) is 0 Å². The fourth-order valence-corrected chi connectivity index (χ4v) is 2.20. The average molecular weight is 258 g/mol. The molecule has 2 rings (SSSR count). The molecule has 0 aliphatic carbocycles. The van der Waals surface area contributed by atoms with Crippen molar-refractivity contribution in [1.82, 2.24) is 4.90 Å². The highest BCUT2D eigenvalue weighted by atomic mass is 19.4. The van der Waals surface area contributed by atoms with Crippen LogP contribution in [0.1, 0.15) is 12.5 Å². The van der Waals surface area contributed by atoms with Crippen molar-refractivity contribution in [3.63, 3.8) is 0 Å². The van der Waals surface area contributed by atoms with E-state index in [0.717, 1.165) is 38.8 Å². The molecular formula is C13H17F3N2. The van der Waals surface area contributed by atoms with Crippen molar-refractivity contribution in [3.05, 3.63) is 29.8 Å². The largest absolute Gasteiger partial charge is 0.416 e. The molecule has 100 valence electrons. The second-order valence-corrected chi connectivity index (χ2v) is 4.47. The van der Waals surface area contributed by atoms with Crippen LogP contribution in [0.4, 0.5) is 18.9 Å². The molecule has 1 aromatic carbocycles. The van der Waals surface area contributed by atoms with E-state index in [1.807, 2.05) is 4.90 Å². The lowest BCUT2D eigenvalue weighted by molar-refractivity contribution is -0.137. The molecule has 0 amide bonds. The molecule has 1 aromatic rings. The zero-order chi connectivity index (χ0) is 13.2. The summed E-state index contributed by atoms with van der Waals surface area (Å²) in [6, 6.07) is 5.58. The molecule has 1 heterocycles. The molecule has 2 nitrogen and oxygen atoms in total. The zero-order valence-corrected chi connectivity index (χ0v) is 10.4. The van der Waals surface area contributed by atoms with Crippen molar-refractivity contribution in [1.29, 1.82) is 0 Å². The van der Waals surface area contributed by atoms with E-state index < -0.39 is 11.7 Å². The first-order chi connectivity index (χ1) is 8.50. The zero-order valence-electron chi connectivity index (χ0n) is 10.4. The van der Waals surface area contributed by atoms with Crippen molar-refractivity contribution in [2.75, 3.05) is 37.6 Å². The van der Waals surface area contributed by atoms with Gasteiger partial charge in [0.2, 0.25) is 0 Å². The van der Waals surface area contributed by atoms with Crippen molar-refractivity contribution < 1.29 is 13.2 Å². The molecule has 1 saturated heterocycles. The van der Waals surface area contributed by atoms with Gasteiger partial charge in [-0.2, -0.15) is 13.2 Å². The Morgan fingerprint density at radius 2 is 1.78 bits per heavy atom. The van der Waals surface area contributed by atoms with Crippen LogP contribution in [0.3, 0.4) is 0 Å². The summed E-state index contributed by atoms with van der Waals surface area (Å²) in [6.07, 6.45) is -4.26. The second kappa shape index (κ2) is 5.18. The molecule has 1 fully saturated rings. The van der Waals surface area contributed by atoms with Gasteiger partial charge in [-0.1, -0.05) is 13.0 Å². The lowest BCUT2D eigenvalue weighted by atomic mass is 10.1. The van der Waals surface area contributed by atoms with Crippen LogP contribution in [-0.2, 0) is 6.18 Å². The van der Waals surface area contributed by atoms with E-state index in [1.165, 1.54) is 12.1 Å². The minimum absolute atomic E-state index is 0.571. The van der Waals surface area contributed by atoms with E-state index in [0.29, 0.717) is 5.69 Å². The maximum Gasteiger partial charge on any atom is 0.416 e. The van der Waals surface area contributed by atoms with Crippen LogP contribution >= 0.6 is 0 Å². The van der Waals surface area contributed by atoms with Crippen molar-refractivity contribution in [2.45, 2.75) is 13.1 Å². The fraction of sp³-hybridized carbons (Fsp3) is 0.538. The van der Waals surface area contributed by atoms with Crippen LogP contribution in [0.5, 0.6) is 0 Å². The Kier molecular flexibility index (Phi) is 3.80. The Morgan fingerprint density at radius 1 is 1.11 bits per heavy atom. The Hall–Kier alpha value is -1.23. The van der Waals surface area contributed by atoms with Gasteiger partial charge in [0.1, 0.15) is 0 Å². The molecule has 1 aliphatic rings. The normalized spacial score (nSPS) is 18.1. The summed E-state index contributed by atoms with van der Waals surface area (Å²) in [5, 5.41) is 0. The summed E-state index contributed by atoms with van der Waals surface area (Å²) in [5.41, 5.74) is 0.0958. The molecule has 0 spiro atoms. The molecule has 0 unspecified atom stereocenters. The van der Waals surface area contributed by atoms with E-state index >= 15 is 0 Å². The van der Waals surface area contributed by atoms with E-state index in [9.17, 15) is 13.2 Å². The minimum Gasteiger partial charge on any atom is -0.369 e. The summed E-state index contributed by atoms with van der Waals surface area (Å²) in [5.74, 6) is 0. The number of benzene rings is 1. The third-order valence-electron chi connectivity index (χ3n) is 3.36. The first-order valence-corrected chi connectivity index (χ1v) is 6.15. The van der Waals surface area contributed by atoms with Crippen LogP contribution in [0, 0.1) is 0 Å². The summed E-state index contributed by atoms with van der Waals surface area (Å²) >= 11 is 0. The number of halogens is 3. The van der Waals surface area contributed by atoms with Gasteiger partial charge in [0, 0.05) is 31.9 Å². The maximum absolute atomic E-state index is 12.6. The van der Waals surface area contributed by atoms with Gasteiger partial charge < -0.3 is 9.80 Å². The number of alkyl halides is 3. The van der Waals surface area contributed by atoms with Crippen molar-refractivity contribution >= 4 is 5.69 Å². The summed E-state index contributed by atoms with van der Waals surface area (Å²) in [7, 11) is 0. The predicted molar refractivity (Wildman–Crippen MR) is 65.8 cm³/mol. The van der Waals surface area contributed by atoms with Gasteiger partial charge in [0.05, 0.1) is 5.56 Å². The van der Waals surface area contributed by atoms with Gasteiger partial charge in [-0.15, -0.1) is 0 Å². The maximum atomic E-state index is 12.6. The highest BCUT2D eigenvalue weighted by Crippen LogP contribution is 2.31. The van der Waals surface area contributed by atoms with Gasteiger partial charge >= 0.3 is 6.18 Å². The van der Waals surface area contributed by atoms with Crippen LogP contribution in [0.15, 0.2) is 24.3 Å². The Morgan fingerprint density at radius 3 is 2.33 bits per heavy atom. The smallest absolute Gasteiger partial charge is 0.369 e. The van der Waals surface area contributed by atoms with Crippen LogP contribution in [0.2, 0.25) is 0 Å². The number of hydrogen-bond donors (Lipinski definition) is 0. The quantitative estimate of drug-likeness (QED) is 0.805. The van der Waals surface area contributed by atoms with E-state index in [1.54, 1.807) is 6.07 Å². The number of hydrogen-bond acceptors (Lipinski definition) is 2. The van der Waals surface area contributed by atoms with Gasteiger partial charge in [-0.05, 0) is 24.7 Å². The SMILES string of the molecule is CCN1CCN(c2cccc(C(F)(F)F)c2)CC1. The van der Waals surface area contributed by atoms with Crippen molar-refractivity contribution in [3.8, 4) is 0 Å². The summed E-state index contributed by atoms with van der Waals surface area (Å²) in [4.78, 5) is 4.31. The van der Waals surface area contributed by atoms with Crippen LogP contribution in [-0.4, -0.2) is 37.6 Å². The molecule has 0 atom stereocenters. The van der Waals surface area contributed by atoms with Crippen LogP contribution < -0.4 is 4.90 Å². The lowest BCUT2D eigenvalue weighted by Gasteiger charge is -2.35. The highest BCUT2D eigenvalue weighted by Gasteiger charge is 2.31. The molecule has 0 bridgehead atoms. The Balaban J connectivity index is 2.10. The van der Waals surface area contributed by atoms with Crippen molar-refractivity contribution in [2.24, 2.45) is 0 Å². The molecule has 1 aliphatic heterocycles. The Bertz CT molecular complexity index is 395. The summed E-state index contributed by atoms with van der Waals surface area (Å²) in [6.45, 7) is 6.49. The lowest BCUT2D eigenvalue weighted by Crippen LogP contribution is -2.46. The third-order valence-corrected chi connectivity index (χ3v) is 3.36. The molecule has 0 aromatic heterocycles. The van der Waals surface area contributed by atoms with Gasteiger partial charge in [0.15, 0.2) is 0 Å². The molecule has 18 heavy (non-hydrogen) atoms. The third kappa shape index (κ3) is 2.96. The van der Waals surface area contributed by atoms with E-state index in [4.69, 9.17) is 0 Å². The summed E-state index contributed by atoms with van der Waals surface area (Å²) < 4.78 is 37.9. The molecule has 0 saturated carbocycles. The molecule has 0 N–H and O–H groups in total.